The first kappa shape index (κ1) is 12.0. The lowest BCUT2D eigenvalue weighted by Crippen LogP contribution is -2.04. The first-order valence-corrected chi connectivity index (χ1v) is 5.04. The molecule has 0 aliphatic heterocycles. The molecule has 16 heavy (non-hydrogen) atoms. The number of aromatic nitrogens is 1. The number of nitriles is 1. The van der Waals surface area contributed by atoms with Gasteiger partial charge >= 0.3 is 5.97 Å². The maximum absolute atomic E-state index is 10.2. The zero-order chi connectivity index (χ0) is 11.8. The van der Waals surface area contributed by atoms with Crippen LogP contribution in [0.4, 0.5) is 5.82 Å². The summed E-state index contributed by atoms with van der Waals surface area (Å²) in [4.78, 5) is 14.3. The van der Waals surface area contributed by atoms with Crippen LogP contribution in [0.1, 0.15) is 24.8 Å². The molecule has 0 aliphatic carbocycles. The highest BCUT2D eigenvalue weighted by atomic mass is 16.4. The predicted molar refractivity (Wildman–Crippen MR) is 58.9 cm³/mol. The van der Waals surface area contributed by atoms with Crippen LogP contribution < -0.4 is 5.32 Å². The van der Waals surface area contributed by atoms with Crippen LogP contribution in [0.3, 0.4) is 0 Å². The van der Waals surface area contributed by atoms with Crippen LogP contribution in [0.2, 0.25) is 0 Å². The normalized spacial score (nSPS) is 9.44. The van der Waals surface area contributed by atoms with Crippen molar-refractivity contribution in [2.24, 2.45) is 0 Å². The lowest BCUT2D eigenvalue weighted by Gasteiger charge is -2.04. The molecule has 1 heterocycles. The number of anilines is 1. The van der Waals surface area contributed by atoms with E-state index in [9.17, 15) is 4.79 Å². The van der Waals surface area contributed by atoms with Crippen LogP contribution in [0.15, 0.2) is 18.3 Å². The summed E-state index contributed by atoms with van der Waals surface area (Å²) < 4.78 is 0. The Morgan fingerprint density at radius 3 is 3.06 bits per heavy atom. The zero-order valence-electron chi connectivity index (χ0n) is 8.81. The topological polar surface area (TPSA) is 86.0 Å². The molecule has 0 bridgehead atoms. The van der Waals surface area contributed by atoms with Crippen molar-refractivity contribution in [3.05, 3.63) is 23.9 Å². The van der Waals surface area contributed by atoms with Crippen molar-refractivity contribution in [1.29, 1.82) is 5.26 Å². The first-order valence-electron chi connectivity index (χ1n) is 5.04. The molecule has 0 fully saturated rings. The standard InChI is InChI=1S/C11H13N3O2/c12-8-9-4-6-14-10(7-9)13-5-2-1-3-11(15)16/h4,6-7H,1-3,5H2,(H,13,14)(H,15,16). The van der Waals surface area contributed by atoms with Gasteiger partial charge in [-0.25, -0.2) is 4.98 Å². The molecular weight excluding hydrogens is 206 g/mol. The molecule has 5 heteroatoms. The van der Waals surface area contributed by atoms with E-state index in [0.29, 0.717) is 24.3 Å². The molecule has 0 radical (unpaired) electrons. The minimum absolute atomic E-state index is 0.188. The Morgan fingerprint density at radius 2 is 2.38 bits per heavy atom. The minimum atomic E-state index is -0.774. The molecule has 84 valence electrons. The van der Waals surface area contributed by atoms with Crippen LogP contribution in [-0.2, 0) is 4.79 Å². The fourth-order valence-corrected chi connectivity index (χ4v) is 1.21. The van der Waals surface area contributed by atoms with E-state index in [-0.39, 0.29) is 6.42 Å². The number of rotatable bonds is 6. The summed E-state index contributed by atoms with van der Waals surface area (Å²) in [5.41, 5.74) is 0.558. The summed E-state index contributed by atoms with van der Waals surface area (Å²) in [7, 11) is 0. The van der Waals surface area contributed by atoms with E-state index in [1.807, 2.05) is 6.07 Å². The van der Waals surface area contributed by atoms with Crippen molar-refractivity contribution >= 4 is 11.8 Å². The number of nitrogens with zero attached hydrogens (tertiary/aromatic N) is 2. The summed E-state index contributed by atoms with van der Waals surface area (Å²) >= 11 is 0. The molecule has 0 saturated carbocycles. The van der Waals surface area contributed by atoms with E-state index >= 15 is 0 Å². The zero-order valence-corrected chi connectivity index (χ0v) is 8.81. The minimum Gasteiger partial charge on any atom is -0.481 e. The van der Waals surface area contributed by atoms with Crippen molar-refractivity contribution in [1.82, 2.24) is 4.98 Å². The smallest absolute Gasteiger partial charge is 0.303 e. The van der Waals surface area contributed by atoms with Crippen LogP contribution in [0.5, 0.6) is 0 Å². The van der Waals surface area contributed by atoms with Crippen LogP contribution in [0, 0.1) is 11.3 Å². The molecule has 1 rings (SSSR count). The highest BCUT2D eigenvalue weighted by Crippen LogP contribution is 2.06. The van der Waals surface area contributed by atoms with Gasteiger partial charge in [-0.2, -0.15) is 5.26 Å². The second-order valence-electron chi connectivity index (χ2n) is 3.32. The van der Waals surface area contributed by atoms with Gasteiger partial charge in [-0.1, -0.05) is 0 Å². The van der Waals surface area contributed by atoms with Crippen LogP contribution in [0.25, 0.3) is 0 Å². The van der Waals surface area contributed by atoms with Crippen molar-refractivity contribution in [2.75, 3.05) is 11.9 Å². The summed E-state index contributed by atoms with van der Waals surface area (Å²) in [5.74, 6) is -0.126. The number of carboxylic acid groups (broad SMARTS) is 1. The van der Waals surface area contributed by atoms with Gasteiger partial charge in [0.1, 0.15) is 5.82 Å². The second-order valence-corrected chi connectivity index (χ2v) is 3.32. The molecule has 0 unspecified atom stereocenters. The molecule has 0 amide bonds. The van der Waals surface area contributed by atoms with Gasteiger partial charge in [0.15, 0.2) is 0 Å². The van der Waals surface area contributed by atoms with E-state index in [2.05, 4.69) is 10.3 Å². The van der Waals surface area contributed by atoms with Gasteiger partial charge in [0.25, 0.3) is 0 Å². The lowest BCUT2D eigenvalue weighted by molar-refractivity contribution is -0.137. The van der Waals surface area contributed by atoms with Crippen LogP contribution >= 0.6 is 0 Å². The summed E-state index contributed by atoms with van der Waals surface area (Å²) in [6, 6.07) is 5.32. The van der Waals surface area contributed by atoms with Crippen molar-refractivity contribution in [3.63, 3.8) is 0 Å². The van der Waals surface area contributed by atoms with Crippen LogP contribution in [-0.4, -0.2) is 22.6 Å². The monoisotopic (exact) mass is 219 g/mol. The Balaban J connectivity index is 2.27. The van der Waals surface area contributed by atoms with Gasteiger partial charge < -0.3 is 10.4 Å². The predicted octanol–water partition coefficient (Wildman–Crippen LogP) is 1.62. The maximum atomic E-state index is 10.2. The first-order chi connectivity index (χ1) is 7.72. The van der Waals surface area contributed by atoms with Gasteiger partial charge in [-0.15, -0.1) is 0 Å². The van der Waals surface area contributed by atoms with Gasteiger partial charge in [0.05, 0.1) is 11.6 Å². The van der Waals surface area contributed by atoms with Gasteiger partial charge in [-0.3, -0.25) is 4.79 Å². The van der Waals surface area contributed by atoms with Crippen molar-refractivity contribution in [3.8, 4) is 6.07 Å². The summed E-state index contributed by atoms with van der Waals surface area (Å²) in [5, 5.41) is 20.1. The average Bonchev–Trinajstić information content (AvgIpc) is 2.28. The highest BCUT2D eigenvalue weighted by molar-refractivity contribution is 5.66. The quantitative estimate of drug-likeness (QED) is 0.710. The third-order valence-electron chi connectivity index (χ3n) is 2.01. The maximum Gasteiger partial charge on any atom is 0.303 e. The number of pyridine rings is 1. The average molecular weight is 219 g/mol. The van der Waals surface area contributed by atoms with Crippen molar-refractivity contribution in [2.45, 2.75) is 19.3 Å². The number of hydrogen-bond acceptors (Lipinski definition) is 4. The number of carboxylic acids is 1. The molecule has 0 aliphatic rings. The fourth-order valence-electron chi connectivity index (χ4n) is 1.21. The molecule has 2 N–H and O–H groups in total. The molecule has 0 aromatic carbocycles. The third kappa shape index (κ3) is 4.42. The number of carbonyl (C=O) groups is 1. The number of nitrogens with one attached hydrogen (secondary N) is 1. The van der Waals surface area contributed by atoms with E-state index < -0.39 is 5.97 Å². The Morgan fingerprint density at radius 1 is 1.56 bits per heavy atom. The van der Waals surface area contributed by atoms with Gasteiger partial charge in [-0.05, 0) is 25.0 Å². The summed E-state index contributed by atoms with van der Waals surface area (Å²) in [6.45, 7) is 0.662. The van der Waals surface area contributed by atoms with Gasteiger partial charge in [0, 0.05) is 19.2 Å². The van der Waals surface area contributed by atoms with E-state index in [1.165, 1.54) is 0 Å². The third-order valence-corrected chi connectivity index (χ3v) is 2.01. The van der Waals surface area contributed by atoms with E-state index in [0.717, 1.165) is 6.42 Å². The molecule has 0 atom stereocenters. The molecule has 0 saturated heterocycles. The molecular formula is C11H13N3O2. The number of unbranched alkanes of at least 4 members (excludes halogenated alkanes) is 1. The summed E-state index contributed by atoms with van der Waals surface area (Å²) in [6.07, 6.45) is 3.16. The fraction of sp³-hybridized carbons (Fsp3) is 0.364. The highest BCUT2D eigenvalue weighted by Gasteiger charge is 1.98. The SMILES string of the molecule is N#Cc1ccnc(NCCCCC(=O)O)c1. The Kier molecular flexibility index (Phi) is 4.80. The molecule has 5 nitrogen and oxygen atoms in total. The Labute approximate surface area is 93.7 Å². The van der Waals surface area contributed by atoms with Crippen molar-refractivity contribution < 1.29 is 9.90 Å². The number of hydrogen-bond donors (Lipinski definition) is 2. The molecule has 0 spiro atoms. The largest absolute Gasteiger partial charge is 0.481 e. The Hall–Kier alpha value is -2.09. The Bertz CT molecular complexity index is 398. The van der Waals surface area contributed by atoms with E-state index in [1.54, 1.807) is 18.3 Å². The molecule has 1 aromatic rings. The van der Waals surface area contributed by atoms with E-state index in [4.69, 9.17) is 10.4 Å². The second kappa shape index (κ2) is 6.40. The van der Waals surface area contributed by atoms with Gasteiger partial charge in [0.2, 0.25) is 0 Å². The number of aliphatic carboxylic acids is 1. The lowest BCUT2D eigenvalue weighted by atomic mass is 10.2. The molecule has 1 aromatic heterocycles.